The fraction of sp³-hybridized carbons (Fsp3) is 0.385. The zero-order chi connectivity index (χ0) is 23.1. The average molecular weight is 476 g/mol. The number of nitrogens with zero attached hydrogens (tertiary/aromatic N) is 4. The van der Waals surface area contributed by atoms with Crippen LogP contribution in [0.1, 0.15) is 50.0 Å². The maximum Gasteiger partial charge on any atom is 0.269 e. The highest BCUT2D eigenvalue weighted by Crippen LogP contribution is 2.38. The molecule has 1 saturated heterocycles. The Kier molecular flexibility index (Phi) is 5.50. The van der Waals surface area contributed by atoms with E-state index in [4.69, 9.17) is 4.98 Å². The van der Waals surface area contributed by atoms with E-state index in [0.29, 0.717) is 17.6 Å². The second-order valence-corrected chi connectivity index (χ2v) is 11.3. The van der Waals surface area contributed by atoms with Gasteiger partial charge in [0.05, 0.1) is 11.1 Å². The highest BCUT2D eigenvalue weighted by molar-refractivity contribution is 7.90. The van der Waals surface area contributed by atoms with Crippen molar-refractivity contribution in [2.75, 3.05) is 13.1 Å². The molecule has 2 fully saturated rings. The molecule has 0 atom stereocenters. The van der Waals surface area contributed by atoms with E-state index in [0.717, 1.165) is 29.4 Å². The fourth-order valence-electron chi connectivity index (χ4n) is 5.72. The number of likely N-dealkylation sites (tertiary alicyclic amines) is 1. The van der Waals surface area contributed by atoms with Crippen molar-refractivity contribution in [1.29, 1.82) is 0 Å². The SMILES string of the molecule is O=S(=O)(c1ccccc1)n1cc(-c2cn[nH]c2)c2cc([C@H]3CC[C@H](N4CCCC4)CC3)cnc21. The molecule has 0 amide bonds. The molecule has 1 aliphatic heterocycles. The van der Waals surface area contributed by atoms with Gasteiger partial charge in [0.2, 0.25) is 0 Å². The van der Waals surface area contributed by atoms with E-state index in [-0.39, 0.29) is 4.90 Å². The van der Waals surface area contributed by atoms with Gasteiger partial charge in [0, 0.05) is 41.1 Å². The maximum absolute atomic E-state index is 13.5. The van der Waals surface area contributed by atoms with Gasteiger partial charge in [-0.2, -0.15) is 5.10 Å². The number of hydrogen-bond donors (Lipinski definition) is 1. The van der Waals surface area contributed by atoms with E-state index < -0.39 is 10.0 Å². The Labute approximate surface area is 199 Å². The van der Waals surface area contributed by atoms with Crippen LogP contribution < -0.4 is 0 Å². The van der Waals surface area contributed by atoms with Crippen LogP contribution in [0.4, 0.5) is 0 Å². The molecule has 6 rings (SSSR count). The highest BCUT2D eigenvalue weighted by Gasteiger charge is 2.29. The van der Waals surface area contributed by atoms with E-state index in [9.17, 15) is 8.42 Å². The molecule has 1 saturated carbocycles. The first kappa shape index (κ1) is 21.6. The quantitative estimate of drug-likeness (QED) is 0.449. The van der Waals surface area contributed by atoms with E-state index in [1.54, 1.807) is 42.9 Å². The number of aromatic amines is 1. The van der Waals surface area contributed by atoms with E-state index in [2.05, 4.69) is 21.2 Å². The van der Waals surface area contributed by atoms with Gasteiger partial charge in [-0.25, -0.2) is 17.4 Å². The molecular weight excluding hydrogens is 446 g/mol. The Hall–Kier alpha value is -2.97. The number of aromatic nitrogens is 4. The Morgan fingerprint density at radius 1 is 0.971 bits per heavy atom. The molecule has 0 radical (unpaired) electrons. The van der Waals surface area contributed by atoms with Crippen LogP contribution in [0.3, 0.4) is 0 Å². The minimum Gasteiger partial charge on any atom is -0.300 e. The van der Waals surface area contributed by atoms with Crippen LogP contribution in [0.5, 0.6) is 0 Å². The van der Waals surface area contributed by atoms with Crippen LogP contribution in [-0.4, -0.2) is 51.6 Å². The Balaban J connectivity index is 1.38. The molecule has 34 heavy (non-hydrogen) atoms. The smallest absolute Gasteiger partial charge is 0.269 e. The molecule has 1 aliphatic carbocycles. The summed E-state index contributed by atoms with van der Waals surface area (Å²) >= 11 is 0. The topological polar surface area (TPSA) is 83.9 Å². The van der Waals surface area contributed by atoms with Gasteiger partial charge in [0.25, 0.3) is 10.0 Å². The molecule has 0 spiro atoms. The van der Waals surface area contributed by atoms with Crippen LogP contribution in [0.15, 0.2) is 66.1 Å². The summed E-state index contributed by atoms with van der Waals surface area (Å²) in [5.41, 5.74) is 3.33. The van der Waals surface area contributed by atoms with Crippen molar-refractivity contribution < 1.29 is 8.42 Å². The standard InChI is InChI=1S/C26H29N5O2S/c32-34(33,23-6-2-1-3-7-23)31-18-25(21-16-28-29-17-21)24-14-20(15-27-26(24)31)19-8-10-22(11-9-19)30-12-4-5-13-30/h1-3,6-7,14-19,22H,4-5,8-13H2,(H,28,29)/t19-,22-. The first-order valence-electron chi connectivity index (χ1n) is 12.2. The van der Waals surface area contributed by atoms with Gasteiger partial charge in [-0.1, -0.05) is 18.2 Å². The molecule has 4 heterocycles. The lowest BCUT2D eigenvalue weighted by molar-refractivity contribution is 0.182. The Bertz CT molecular complexity index is 1380. The van der Waals surface area contributed by atoms with Gasteiger partial charge in [0.1, 0.15) is 0 Å². The van der Waals surface area contributed by atoms with Gasteiger partial charge >= 0.3 is 0 Å². The first-order chi connectivity index (χ1) is 16.6. The van der Waals surface area contributed by atoms with Crippen LogP contribution in [0.2, 0.25) is 0 Å². The third kappa shape index (κ3) is 3.75. The fourth-order valence-corrected chi connectivity index (χ4v) is 7.06. The lowest BCUT2D eigenvalue weighted by atomic mass is 9.81. The van der Waals surface area contributed by atoms with Crippen molar-refractivity contribution >= 4 is 21.1 Å². The molecule has 8 heteroatoms. The van der Waals surface area contributed by atoms with Gasteiger partial charge < -0.3 is 4.90 Å². The molecule has 1 aromatic carbocycles. The number of rotatable bonds is 5. The number of nitrogens with one attached hydrogen (secondary N) is 1. The summed E-state index contributed by atoms with van der Waals surface area (Å²) in [4.78, 5) is 7.63. The van der Waals surface area contributed by atoms with Crippen LogP contribution in [0.25, 0.3) is 22.2 Å². The van der Waals surface area contributed by atoms with E-state index in [1.165, 1.54) is 48.3 Å². The summed E-state index contributed by atoms with van der Waals surface area (Å²) in [5, 5.41) is 7.78. The summed E-state index contributed by atoms with van der Waals surface area (Å²) in [6.07, 6.45) is 14.5. The van der Waals surface area contributed by atoms with Gasteiger partial charge in [-0.15, -0.1) is 0 Å². The minimum absolute atomic E-state index is 0.247. The summed E-state index contributed by atoms with van der Waals surface area (Å²) in [6, 6.07) is 11.4. The van der Waals surface area contributed by atoms with E-state index in [1.807, 2.05) is 12.3 Å². The zero-order valence-electron chi connectivity index (χ0n) is 19.1. The van der Waals surface area contributed by atoms with Gasteiger partial charge in [-0.3, -0.25) is 5.10 Å². The maximum atomic E-state index is 13.5. The predicted molar refractivity (Wildman–Crippen MR) is 132 cm³/mol. The molecule has 2 aliphatic rings. The third-order valence-electron chi connectivity index (χ3n) is 7.57. The summed E-state index contributed by atoms with van der Waals surface area (Å²) in [5.74, 6) is 0.460. The number of fused-ring (bicyclic) bond motifs is 1. The van der Waals surface area contributed by atoms with Crippen molar-refractivity contribution in [3.8, 4) is 11.1 Å². The first-order valence-corrected chi connectivity index (χ1v) is 13.6. The molecular formula is C26H29N5O2S. The third-order valence-corrected chi connectivity index (χ3v) is 9.23. The lowest BCUT2D eigenvalue weighted by Crippen LogP contribution is -2.35. The second-order valence-electron chi connectivity index (χ2n) is 9.53. The zero-order valence-corrected chi connectivity index (χ0v) is 19.9. The number of benzene rings is 1. The average Bonchev–Trinajstić information content (AvgIpc) is 3.65. The molecule has 176 valence electrons. The lowest BCUT2D eigenvalue weighted by Gasteiger charge is -2.34. The second kappa shape index (κ2) is 8.67. The predicted octanol–water partition coefficient (Wildman–Crippen LogP) is 4.79. The van der Waals surface area contributed by atoms with Crippen molar-refractivity contribution in [3.63, 3.8) is 0 Å². The highest BCUT2D eigenvalue weighted by atomic mass is 32.2. The number of pyridine rings is 1. The number of H-pyrrole nitrogens is 1. The van der Waals surface area contributed by atoms with Crippen LogP contribution in [0, 0.1) is 0 Å². The summed E-state index contributed by atoms with van der Waals surface area (Å²) in [7, 11) is -3.77. The van der Waals surface area contributed by atoms with Gasteiger partial charge in [0.15, 0.2) is 5.65 Å². The normalized spacial score (nSPS) is 21.9. The molecule has 7 nitrogen and oxygen atoms in total. The largest absolute Gasteiger partial charge is 0.300 e. The number of hydrogen-bond acceptors (Lipinski definition) is 5. The minimum atomic E-state index is -3.77. The van der Waals surface area contributed by atoms with Crippen molar-refractivity contribution in [2.24, 2.45) is 0 Å². The van der Waals surface area contributed by atoms with Gasteiger partial charge in [-0.05, 0) is 81.3 Å². The molecule has 1 N–H and O–H groups in total. The van der Waals surface area contributed by atoms with Crippen LogP contribution >= 0.6 is 0 Å². The molecule has 4 aromatic rings. The Morgan fingerprint density at radius 3 is 2.44 bits per heavy atom. The molecule has 0 unspecified atom stereocenters. The van der Waals surface area contributed by atoms with Crippen LogP contribution in [-0.2, 0) is 10.0 Å². The van der Waals surface area contributed by atoms with E-state index >= 15 is 0 Å². The summed E-state index contributed by atoms with van der Waals surface area (Å²) < 4.78 is 28.3. The monoisotopic (exact) mass is 475 g/mol. The molecule has 0 bridgehead atoms. The Morgan fingerprint density at radius 2 is 1.74 bits per heavy atom. The summed E-state index contributed by atoms with van der Waals surface area (Å²) in [6.45, 7) is 2.50. The van der Waals surface area contributed by atoms with Crippen molar-refractivity contribution in [3.05, 3.63) is 66.7 Å². The molecule has 3 aromatic heterocycles. The van der Waals surface area contributed by atoms with Crippen molar-refractivity contribution in [1.82, 2.24) is 24.1 Å². The van der Waals surface area contributed by atoms with Crippen molar-refractivity contribution in [2.45, 2.75) is 55.4 Å².